The van der Waals surface area contributed by atoms with Crippen molar-refractivity contribution in [2.24, 2.45) is 11.1 Å². The van der Waals surface area contributed by atoms with Crippen LogP contribution in [0.5, 0.6) is 0 Å². The SMILES string of the molecule is CN(C)CC(C)(C)CNc1cccc(F)c1C(N)=S. The van der Waals surface area contributed by atoms with Gasteiger partial charge in [-0.1, -0.05) is 32.1 Å². The molecule has 0 saturated heterocycles. The minimum Gasteiger partial charge on any atom is -0.389 e. The van der Waals surface area contributed by atoms with Crippen LogP contribution in [0.4, 0.5) is 10.1 Å². The fourth-order valence-electron chi connectivity index (χ4n) is 2.17. The Morgan fingerprint density at radius 3 is 2.58 bits per heavy atom. The Morgan fingerprint density at radius 1 is 1.42 bits per heavy atom. The Morgan fingerprint density at radius 2 is 2.05 bits per heavy atom. The molecule has 1 rings (SSSR count). The highest BCUT2D eigenvalue weighted by Gasteiger charge is 2.20. The van der Waals surface area contributed by atoms with Crippen LogP contribution < -0.4 is 11.1 Å². The standard InChI is InChI=1S/C14H22FN3S/c1-14(2,9-18(3)4)8-17-11-7-5-6-10(15)12(11)13(16)19/h5-7,17H,8-9H2,1-4H3,(H2,16,19). The molecule has 0 bridgehead atoms. The molecular weight excluding hydrogens is 261 g/mol. The predicted molar refractivity (Wildman–Crippen MR) is 83.1 cm³/mol. The van der Waals surface area contributed by atoms with Crippen LogP contribution in [-0.2, 0) is 0 Å². The molecule has 106 valence electrons. The highest BCUT2D eigenvalue weighted by Crippen LogP contribution is 2.22. The van der Waals surface area contributed by atoms with Gasteiger partial charge in [0.2, 0.25) is 0 Å². The average molecular weight is 283 g/mol. The number of nitrogens with two attached hydrogens (primary N) is 1. The van der Waals surface area contributed by atoms with Gasteiger partial charge in [0.25, 0.3) is 0 Å². The first-order valence-electron chi connectivity index (χ1n) is 6.20. The van der Waals surface area contributed by atoms with Gasteiger partial charge in [0.1, 0.15) is 10.8 Å². The van der Waals surface area contributed by atoms with Gasteiger partial charge in [-0.15, -0.1) is 0 Å². The lowest BCUT2D eigenvalue weighted by atomic mass is 9.92. The molecule has 0 aromatic heterocycles. The summed E-state index contributed by atoms with van der Waals surface area (Å²) in [5.74, 6) is -0.386. The Labute approximate surface area is 120 Å². The van der Waals surface area contributed by atoms with E-state index in [1.54, 1.807) is 12.1 Å². The second kappa shape index (κ2) is 6.30. The maximum atomic E-state index is 13.7. The maximum Gasteiger partial charge on any atom is 0.135 e. The number of benzene rings is 1. The normalized spacial score (nSPS) is 11.7. The van der Waals surface area contributed by atoms with E-state index >= 15 is 0 Å². The van der Waals surface area contributed by atoms with E-state index in [2.05, 4.69) is 24.1 Å². The minimum atomic E-state index is -0.386. The summed E-state index contributed by atoms with van der Waals surface area (Å²) in [5.41, 5.74) is 6.58. The second-order valence-electron chi connectivity index (χ2n) is 5.78. The fraction of sp³-hybridized carbons (Fsp3) is 0.500. The maximum absolute atomic E-state index is 13.7. The summed E-state index contributed by atoms with van der Waals surface area (Å²) in [5, 5.41) is 3.25. The molecule has 0 radical (unpaired) electrons. The topological polar surface area (TPSA) is 41.3 Å². The third-order valence-electron chi connectivity index (χ3n) is 2.76. The van der Waals surface area contributed by atoms with Crippen molar-refractivity contribution < 1.29 is 4.39 Å². The first-order valence-corrected chi connectivity index (χ1v) is 6.61. The number of hydrogen-bond donors (Lipinski definition) is 2. The second-order valence-corrected chi connectivity index (χ2v) is 6.22. The lowest BCUT2D eigenvalue weighted by Gasteiger charge is -2.29. The quantitative estimate of drug-likeness (QED) is 0.787. The van der Waals surface area contributed by atoms with Gasteiger partial charge < -0.3 is 16.0 Å². The Bertz CT molecular complexity index is 458. The summed E-state index contributed by atoms with van der Waals surface area (Å²) in [6.45, 7) is 5.95. The summed E-state index contributed by atoms with van der Waals surface area (Å²) in [6.07, 6.45) is 0. The zero-order valence-corrected chi connectivity index (χ0v) is 12.8. The zero-order valence-electron chi connectivity index (χ0n) is 12.0. The molecule has 0 aliphatic carbocycles. The molecule has 0 fully saturated rings. The Kier molecular flexibility index (Phi) is 5.26. The molecule has 1 aromatic rings. The van der Waals surface area contributed by atoms with Gasteiger partial charge in [0, 0.05) is 18.8 Å². The van der Waals surface area contributed by atoms with E-state index in [0.29, 0.717) is 12.2 Å². The number of thiocarbonyl (C=S) groups is 1. The molecule has 0 amide bonds. The van der Waals surface area contributed by atoms with E-state index < -0.39 is 0 Å². The van der Waals surface area contributed by atoms with Crippen LogP contribution in [0.1, 0.15) is 19.4 Å². The van der Waals surface area contributed by atoms with Crippen LogP contribution >= 0.6 is 12.2 Å². The van der Waals surface area contributed by atoms with Crippen LogP contribution in [-0.4, -0.2) is 37.1 Å². The molecule has 0 aliphatic heterocycles. The van der Waals surface area contributed by atoms with Gasteiger partial charge in [0.05, 0.1) is 5.56 Å². The summed E-state index contributed by atoms with van der Waals surface area (Å²) < 4.78 is 13.7. The summed E-state index contributed by atoms with van der Waals surface area (Å²) in [7, 11) is 4.06. The van der Waals surface area contributed by atoms with Crippen molar-refractivity contribution in [3.8, 4) is 0 Å². The van der Waals surface area contributed by atoms with Crippen LogP contribution in [0.15, 0.2) is 18.2 Å². The van der Waals surface area contributed by atoms with Crippen molar-refractivity contribution >= 4 is 22.9 Å². The number of nitrogens with zero attached hydrogens (tertiary/aromatic N) is 1. The first-order chi connectivity index (χ1) is 8.73. The molecular formula is C14H22FN3S. The van der Waals surface area contributed by atoms with Crippen molar-refractivity contribution in [1.82, 2.24) is 4.90 Å². The monoisotopic (exact) mass is 283 g/mol. The summed E-state index contributed by atoms with van der Waals surface area (Å²) in [6, 6.07) is 4.81. The van der Waals surface area contributed by atoms with Gasteiger partial charge in [-0.3, -0.25) is 0 Å². The lowest BCUT2D eigenvalue weighted by Crippen LogP contribution is -2.34. The number of anilines is 1. The number of halogens is 1. The van der Waals surface area contributed by atoms with Crippen LogP contribution in [0.2, 0.25) is 0 Å². The third-order valence-corrected chi connectivity index (χ3v) is 2.97. The predicted octanol–water partition coefficient (Wildman–Crippen LogP) is 2.46. The van der Waals surface area contributed by atoms with E-state index in [1.807, 2.05) is 14.1 Å². The zero-order chi connectivity index (χ0) is 14.6. The highest BCUT2D eigenvalue weighted by molar-refractivity contribution is 7.80. The van der Waals surface area contributed by atoms with Gasteiger partial charge >= 0.3 is 0 Å². The molecule has 1 aromatic carbocycles. The summed E-state index contributed by atoms with van der Waals surface area (Å²) in [4.78, 5) is 2.20. The lowest BCUT2D eigenvalue weighted by molar-refractivity contribution is 0.254. The van der Waals surface area contributed by atoms with Crippen molar-refractivity contribution in [3.63, 3.8) is 0 Å². The Balaban J connectivity index is 2.84. The largest absolute Gasteiger partial charge is 0.389 e. The third kappa shape index (κ3) is 4.76. The molecule has 0 aliphatic rings. The van der Waals surface area contributed by atoms with Gasteiger partial charge in [-0.25, -0.2) is 4.39 Å². The minimum absolute atomic E-state index is 0.0588. The fourth-order valence-corrected chi connectivity index (χ4v) is 2.38. The number of hydrogen-bond acceptors (Lipinski definition) is 3. The van der Waals surface area contributed by atoms with Crippen LogP contribution in [0.25, 0.3) is 0 Å². The van der Waals surface area contributed by atoms with E-state index in [1.165, 1.54) is 6.07 Å². The number of rotatable bonds is 6. The highest BCUT2D eigenvalue weighted by atomic mass is 32.1. The molecule has 3 N–H and O–H groups in total. The van der Waals surface area contributed by atoms with E-state index in [-0.39, 0.29) is 21.8 Å². The van der Waals surface area contributed by atoms with Crippen molar-refractivity contribution in [2.45, 2.75) is 13.8 Å². The van der Waals surface area contributed by atoms with Crippen LogP contribution in [0.3, 0.4) is 0 Å². The van der Waals surface area contributed by atoms with Gasteiger partial charge in [-0.05, 0) is 31.6 Å². The van der Waals surface area contributed by atoms with E-state index in [9.17, 15) is 4.39 Å². The van der Waals surface area contributed by atoms with Gasteiger partial charge in [-0.2, -0.15) is 0 Å². The first kappa shape index (κ1) is 15.9. The van der Waals surface area contributed by atoms with Gasteiger partial charge in [0.15, 0.2) is 0 Å². The average Bonchev–Trinajstić information content (AvgIpc) is 2.24. The molecule has 19 heavy (non-hydrogen) atoms. The van der Waals surface area contributed by atoms with Crippen LogP contribution in [0, 0.1) is 11.2 Å². The molecule has 0 atom stereocenters. The molecule has 5 heteroatoms. The van der Waals surface area contributed by atoms with Crippen molar-refractivity contribution in [3.05, 3.63) is 29.6 Å². The number of nitrogens with one attached hydrogen (secondary N) is 1. The van der Waals surface area contributed by atoms with Crippen molar-refractivity contribution in [2.75, 3.05) is 32.5 Å². The molecule has 0 saturated carbocycles. The van der Waals surface area contributed by atoms with E-state index in [4.69, 9.17) is 18.0 Å². The van der Waals surface area contributed by atoms with E-state index in [0.717, 1.165) is 6.54 Å². The smallest absolute Gasteiger partial charge is 0.135 e. The molecule has 0 unspecified atom stereocenters. The molecule has 0 heterocycles. The Hall–Kier alpha value is -1.20. The molecule has 0 spiro atoms. The van der Waals surface area contributed by atoms with Crippen molar-refractivity contribution in [1.29, 1.82) is 0 Å². The summed E-state index contributed by atoms with van der Waals surface area (Å²) >= 11 is 4.90. The molecule has 3 nitrogen and oxygen atoms in total.